The fraction of sp³-hybridized carbons (Fsp3) is 0.143. The Hall–Kier alpha value is -5.88. The molecule has 0 spiro atoms. The Labute approximate surface area is 280 Å². The lowest BCUT2D eigenvalue weighted by molar-refractivity contribution is -0.116. The van der Waals surface area contributed by atoms with Crippen LogP contribution >= 0.6 is 0 Å². The number of nitrogens with zero attached hydrogens (tertiary/aromatic N) is 2. The summed E-state index contributed by atoms with van der Waals surface area (Å²) in [7, 11) is 0. The van der Waals surface area contributed by atoms with Gasteiger partial charge in [0.1, 0.15) is 0 Å². The lowest BCUT2D eigenvalue weighted by Crippen LogP contribution is -2.31. The summed E-state index contributed by atoms with van der Waals surface area (Å²) in [4.78, 5) is 54.0. The second kappa shape index (κ2) is 15.1. The molecular weight excluding hydrogens is 596 g/mol. The number of carbonyl (C=O) groups excluding carboxylic acids is 4. The summed E-state index contributed by atoms with van der Waals surface area (Å²) in [5, 5.41) is 3.20. The molecule has 0 heterocycles. The molecule has 0 aliphatic carbocycles. The molecule has 0 N–H and O–H groups in total. The molecule has 0 fully saturated rings. The van der Waals surface area contributed by atoms with Crippen LogP contribution in [0, 0.1) is 0 Å². The van der Waals surface area contributed by atoms with Crippen molar-refractivity contribution in [1.82, 2.24) is 9.80 Å². The maximum Gasteiger partial charge on any atom is 0.260 e. The first-order valence-corrected chi connectivity index (χ1v) is 16.2. The normalized spacial score (nSPS) is 10.9. The topological polar surface area (TPSA) is 74.8 Å². The Bertz CT molecular complexity index is 1920. The van der Waals surface area contributed by atoms with Crippen molar-refractivity contribution in [1.29, 1.82) is 0 Å². The van der Waals surface area contributed by atoms with E-state index >= 15 is 0 Å². The first kappa shape index (κ1) is 32.1. The third kappa shape index (κ3) is 6.93. The van der Waals surface area contributed by atoms with Gasteiger partial charge >= 0.3 is 0 Å². The van der Waals surface area contributed by atoms with Crippen LogP contribution in [0.3, 0.4) is 0 Å². The van der Waals surface area contributed by atoms with E-state index in [0.717, 1.165) is 56.6 Å². The molecule has 0 saturated heterocycles. The van der Waals surface area contributed by atoms with Crippen LogP contribution in [-0.4, -0.2) is 47.5 Å². The smallest absolute Gasteiger partial charge is 0.260 e. The summed E-state index contributed by atoms with van der Waals surface area (Å²) < 4.78 is 0. The number of fused-ring (bicyclic) bond motifs is 2. The number of carbonyl (C=O) groups is 4. The van der Waals surface area contributed by atoms with Crippen LogP contribution in [0.5, 0.6) is 0 Å². The molecule has 6 rings (SSSR count). The second-order valence-corrected chi connectivity index (χ2v) is 11.8. The lowest BCUT2D eigenvalue weighted by atomic mass is 9.90. The first-order chi connectivity index (χ1) is 23.6. The summed E-state index contributed by atoms with van der Waals surface area (Å²) in [5.74, 6) is -0.680. The van der Waals surface area contributed by atoms with Crippen molar-refractivity contribution in [2.45, 2.75) is 25.7 Å². The van der Waals surface area contributed by atoms with Gasteiger partial charge < -0.3 is 0 Å². The van der Waals surface area contributed by atoms with Crippen LogP contribution in [-0.2, 0) is 22.4 Å². The van der Waals surface area contributed by atoms with Gasteiger partial charge in [0.05, 0.1) is 0 Å². The molecule has 0 aliphatic heterocycles. The standard InChI is InChI=1S/C42H36N2O4/c45-29-43(27-11-17-31-13-3-1-4-14-31)41(47)39-25-23-37(33-19-7-9-21-35(33)39)38-24-26-40(36-22-10-8-20-34(36)38)42(48)44(30-46)28-12-18-32-15-5-2-6-16-32/h1-10,13-16,19-26,29-30H,11-12,17-18,27-28H2. The molecule has 0 saturated carbocycles. The van der Waals surface area contributed by atoms with Gasteiger partial charge in [-0.3, -0.25) is 29.0 Å². The molecule has 48 heavy (non-hydrogen) atoms. The Morgan fingerprint density at radius 3 is 1.17 bits per heavy atom. The zero-order valence-corrected chi connectivity index (χ0v) is 26.6. The number of hydrogen-bond donors (Lipinski definition) is 0. The van der Waals surface area contributed by atoms with Gasteiger partial charge in [0.25, 0.3) is 11.8 Å². The number of amides is 4. The van der Waals surface area contributed by atoms with Crippen LogP contribution in [0.2, 0.25) is 0 Å². The molecule has 0 radical (unpaired) electrons. The van der Waals surface area contributed by atoms with Crippen LogP contribution in [0.15, 0.2) is 133 Å². The highest BCUT2D eigenvalue weighted by molar-refractivity contribution is 6.17. The van der Waals surface area contributed by atoms with E-state index in [1.54, 1.807) is 12.1 Å². The highest BCUT2D eigenvalue weighted by Gasteiger charge is 2.22. The van der Waals surface area contributed by atoms with E-state index in [9.17, 15) is 19.2 Å². The number of hydrogen-bond acceptors (Lipinski definition) is 4. The minimum Gasteiger partial charge on any atom is -0.281 e. The van der Waals surface area contributed by atoms with Gasteiger partial charge in [-0.05, 0) is 81.6 Å². The molecule has 6 aromatic rings. The van der Waals surface area contributed by atoms with E-state index in [4.69, 9.17) is 0 Å². The Balaban J connectivity index is 1.28. The summed E-state index contributed by atoms with van der Waals surface area (Å²) in [6.45, 7) is 0.634. The zero-order chi connectivity index (χ0) is 33.3. The fourth-order valence-electron chi connectivity index (χ4n) is 6.35. The number of imide groups is 2. The van der Waals surface area contributed by atoms with Gasteiger partial charge in [-0.1, -0.05) is 121 Å². The minimum atomic E-state index is -0.340. The van der Waals surface area contributed by atoms with Crippen LogP contribution in [0.4, 0.5) is 0 Å². The summed E-state index contributed by atoms with van der Waals surface area (Å²) in [5.41, 5.74) is 5.02. The van der Waals surface area contributed by atoms with Gasteiger partial charge in [0.15, 0.2) is 0 Å². The average Bonchev–Trinajstić information content (AvgIpc) is 3.14. The van der Waals surface area contributed by atoms with E-state index in [2.05, 4.69) is 0 Å². The van der Waals surface area contributed by atoms with Gasteiger partial charge in [0, 0.05) is 24.2 Å². The maximum absolute atomic E-state index is 13.7. The summed E-state index contributed by atoms with van der Waals surface area (Å²) in [6, 6.07) is 42.7. The monoisotopic (exact) mass is 632 g/mol. The van der Waals surface area contributed by atoms with Gasteiger partial charge in [-0.15, -0.1) is 0 Å². The average molecular weight is 633 g/mol. The highest BCUT2D eigenvalue weighted by Crippen LogP contribution is 2.37. The van der Waals surface area contributed by atoms with Crippen LogP contribution < -0.4 is 0 Å². The van der Waals surface area contributed by atoms with Gasteiger partial charge in [-0.25, -0.2) is 0 Å². The molecule has 6 heteroatoms. The van der Waals surface area contributed by atoms with E-state index < -0.39 is 0 Å². The molecule has 6 aromatic carbocycles. The number of benzene rings is 6. The fourth-order valence-corrected chi connectivity index (χ4v) is 6.35. The third-order valence-electron chi connectivity index (χ3n) is 8.79. The van der Waals surface area contributed by atoms with Crippen LogP contribution in [0.1, 0.15) is 44.7 Å². The van der Waals surface area contributed by atoms with Crippen molar-refractivity contribution in [3.05, 3.63) is 156 Å². The van der Waals surface area contributed by atoms with Gasteiger partial charge in [0.2, 0.25) is 12.8 Å². The third-order valence-corrected chi connectivity index (χ3v) is 8.79. The van der Waals surface area contributed by atoms with E-state index in [0.29, 0.717) is 49.9 Å². The predicted octanol–water partition coefficient (Wildman–Crippen LogP) is 8.12. The Morgan fingerprint density at radius 1 is 0.438 bits per heavy atom. The number of rotatable bonds is 13. The van der Waals surface area contributed by atoms with Crippen molar-refractivity contribution >= 4 is 46.2 Å². The molecule has 0 aromatic heterocycles. The van der Waals surface area contributed by atoms with Crippen molar-refractivity contribution in [2.75, 3.05) is 13.1 Å². The molecule has 0 bridgehead atoms. The molecule has 4 amide bonds. The molecule has 6 nitrogen and oxygen atoms in total. The molecule has 238 valence electrons. The lowest BCUT2D eigenvalue weighted by Gasteiger charge is -2.20. The SMILES string of the molecule is O=CN(CCCc1ccccc1)C(=O)c1ccc(-c2ccc(C(=O)N(C=O)CCCc3ccccc3)c3ccccc23)c2ccccc12. The Kier molecular flexibility index (Phi) is 10.1. The number of aryl methyl sites for hydroxylation is 2. The Morgan fingerprint density at radius 2 is 0.792 bits per heavy atom. The molecule has 0 atom stereocenters. The maximum atomic E-state index is 13.7. The summed E-state index contributed by atoms with van der Waals surface area (Å²) in [6.07, 6.45) is 4.09. The quantitative estimate of drug-likeness (QED) is 0.121. The predicted molar refractivity (Wildman–Crippen MR) is 191 cm³/mol. The van der Waals surface area contributed by atoms with Gasteiger partial charge in [-0.2, -0.15) is 0 Å². The van der Waals surface area contributed by atoms with E-state index in [1.807, 2.05) is 121 Å². The van der Waals surface area contributed by atoms with Crippen molar-refractivity contribution in [3.8, 4) is 11.1 Å². The minimum absolute atomic E-state index is 0.317. The summed E-state index contributed by atoms with van der Waals surface area (Å²) >= 11 is 0. The largest absolute Gasteiger partial charge is 0.281 e. The molecule has 0 aliphatic rings. The van der Waals surface area contributed by atoms with Crippen molar-refractivity contribution in [3.63, 3.8) is 0 Å². The zero-order valence-electron chi connectivity index (χ0n) is 26.6. The first-order valence-electron chi connectivity index (χ1n) is 16.2. The molecule has 0 unspecified atom stereocenters. The second-order valence-electron chi connectivity index (χ2n) is 11.8. The van der Waals surface area contributed by atoms with Crippen molar-refractivity contribution in [2.24, 2.45) is 0 Å². The highest BCUT2D eigenvalue weighted by atomic mass is 16.2. The van der Waals surface area contributed by atoms with Crippen LogP contribution in [0.25, 0.3) is 32.7 Å². The van der Waals surface area contributed by atoms with Crippen molar-refractivity contribution < 1.29 is 19.2 Å². The van der Waals surface area contributed by atoms with E-state index in [1.165, 1.54) is 9.80 Å². The molecular formula is C42H36N2O4. The van der Waals surface area contributed by atoms with E-state index in [-0.39, 0.29) is 11.8 Å².